The van der Waals surface area contributed by atoms with Crippen molar-refractivity contribution >= 4 is 27.6 Å². The monoisotopic (exact) mass is 382 g/mol. The number of carbonyl (C=O) groups excluding carboxylic acids is 3. The number of nitrogens with one attached hydrogen (secondary N) is 2. The Kier molecular flexibility index (Phi) is 6.36. The number of rotatable bonds is 6. The lowest BCUT2D eigenvalue weighted by Crippen LogP contribution is -2.45. The SMILES string of the molecule is C[C@H](NC(=O)c1ccccc1)C(=O)O[C@H](C)C(=O)N[C@@H]1CCS(=O)(=O)C1. The van der Waals surface area contributed by atoms with Gasteiger partial charge in [0.1, 0.15) is 6.04 Å². The van der Waals surface area contributed by atoms with Crippen molar-refractivity contribution in [2.45, 2.75) is 38.5 Å². The summed E-state index contributed by atoms with van der Waals surface area (Å²) in [6, 6.07) is 6.98. The number of ether oxygens (including phenoxy) is 1. The molecule has 0 unspecified atom stereocenters. The lowest BCUT2D eigenvalue weighted by atomic mass is 10.2. The fourth-order valence-corrected chi connectivity index (χ4v) is 4.16. The molecule has 1 aliphatic heterocycles. The Hall–Kier alpha value is -2.42. The van der Waals surface area contributed by atoms with E-state index in [2.05, 4.69) is 10.6 Å². The van der Waals surface area contributed by atoms with Crippen LogP contribution in [-0.4, -0.2) is 55.9 Å². The van der Waals surface area contributed by atoms with Gasteiger partial charge >= 0.3 is 5.97 Å². The summed E-state index contributed by atoms with van der Waals surface area (Å²) in [4.78, 5) is 36.1. The van der Waals surface area contributed by atoms with Gasteiger partial charge in [-0.2, -0.15) is 0 Å². The van der Waals surface area contributed by atoms with Crippen LogP contribution in [0.15, 0.2) is 30.3 Å². The van der Waals surface area contributed by atoms with Crippen LogP contribution in [0.1, 0.15) is 30.6 Å². The van der Waals surface area contributed by atoms with Crippen LogP contribution >= 0.6 is 0 Å². The van der Waals surface area contributed by atoms with E-state index in [0.29, 0.717) is 12.0 Å². The Morgan fingerprint density at radius 1 is 1.15 bits per heavy atom. The molecule has 1 fully saturated rings. The number of benzene rings is 1. The molecule has 0 aliphatic carbocycles. The van der Waals surface area contributed by atoms with Gasteiger partial charge in [-0.1, -0.05) is 18.2 Å². The number of hydrogen-bond acceptors (Lipinski definition) is 6. The quantitative estimate of drug-likeness (QED) is 0.671. The second-order valence-corrected chi connectivity index (χ2v) is 8.48. The minimum Gasteiger partial charge on any atom is -0.451 e. The number of esters is 1. The molecule has 0 bridgehead atoms. The Bertz CT molecular complexity index is 778. The third kappa shape index (κ3) is 5.55. The van der Waals surface area contributed by atoms with E-state index in [1.165, 1.54) is 13.8 Å². The molecule has 1 saturated heterocycles. The predicted molar refractivity (Wildman–Crippen MR) is 94.1 cm³/mol. The van der Waals surface area contributed by atoms with Crippen molar-refractivity contribution in [2.24, 2.45) is 0 Å². The summed E-state index contributed by atoms with van der Waals surface area (Å²) in [5, 5.41) is 5.06. The van der Waals surface area contributed by atoms with E-state index < -0.39 is 45.8 Å². The number of hydrogen-bond donors (Lipinski definition) is 2. The third-order valence-electron chi connectivity index (χ3n) is 3.98. The highest BCUT2D eigenvalue weighted by molar-refractivity contribution is 7.91. The first-order chi connectivity index (χ1) is 12.2. The zero-order valence-corrected chi connectivity index (χ0v) is 15.4. The molecule has 2 N–H and O–H groups in total. The van der Waals surface area contributed by atoms with Crippen LogP contribution in [-0.2, 0) is 24.2 Å². The molecule has 0 radical (unpaired) electrons. The molecule has 2 rings (SSSR count). The molecule has 1 aromatic carbocycles. The van der Waals surface area contributed by atoms with Crippen molar-refractivity contribution in [1.29, 1.82) is 0 Å². The zero-order valence-electron chi connectivity index (χ0n) is 14.6. The van der Waals surface area contributed by atoms with Gasteiger partial charge < -0.3 is 15.4 Å². The van der Waals surface area contributed by atoms with Crippen LogP contribution in [0.4, 0.5) is 0 Å². The fraction of sp³-hybridized carbons (Fsp3) is 0.471. The lowest BCUT2D eigenvalue weighted by Gasteiger charge is -2.19. The van der Waals surface area contributed by atoms with Gasteiger partial charge in [-0.3, -0.25) is 9.59 Å². The maximum Gasteiger partial charge on any atom is 0.329 e. The molecular weight excluding hydrogens is 360 g/mol. The minimum atomic E-state index is -3.11. The van der Waals surface area contributed by atoms with Crippen LogP contribution in [0.5, 0.6) is 0 Å². The van der Waals surface area contributed by atoms with Crippen molar-refractivity contribution in [1.82, 2.24) is 10.6 Å². The van der Waals surface area contributed by atoms with Crippen LogP contribution in [0.25, 0.3) is 0 Å². The van der Waals surface area contributed by atoms with Gasteiger partial charge in [-0.15, -0.1) is 0 Å². The normalized spacial score (nSPS) is 20.6. The van der Waals surface area contributed by atoms with Gasteiger partial charge in [-0.05, 0) is 32.4 Å². The second kappa shape index (κ2) is 8.31. The number of amides is 2. The van der Waals surface area contributed by atoms with E-state index >= 15 is 0 Å². The Balaban J connectivity index is 1.82. The van der Waals surface area contributed by atoms with Gasteiger partial charge in [0.25, 0.3) is 11.8 Å². The Morgan fingerprint density at radius 3 is 2.38 bits per heavy atom. The molecule has 26 heavy (non-hydrogen) atoms. The molecule has 8 nitrogen and oxygen atoms in total. The van der Waals surface area contributed by atoms with Crippen molar-refractivity contribution in [3.8, 4) is 0 Å². The highest BCUT2D eigenvalue weighted by Gasteiger charge is 2.31. The van der Waals surface area contributed by atoms with Crippen molar-refractivity contribution in [2.75, 3.05) is 11.5 Å². The van der Waals surface area contributed by atoms with Gasteiger partial charge in [0.05, 0.1) is 11.5 Å². The lowest BCUT2D eigenvalue weighted by molar-refractivity contribution is -0.156. The molecule has 1 aliphatic rings. The largest absolute Gasteiger partial charge is 0.451 e. The summed E-state index contributed by atoms with van der Waals surface area (Å²) in [6.07, 6.45) is -0.750. The molecule has 0 saturated carbocycles. The van der Waals surface area contributed by atoms with E-state index in [1.807, 2.05) is 0 Å². The predicted octanol–water partition coefficient (Wildman–Crippen LogP) is 0.0399. The first kappa shape index (κ1) is 19.9. The number of sulfone groups is 1. The summed E-state index contributed by atoms with van der Waals surface area (Å²) in [7, 11) is -3.11. The minimum absolute atomic E-state index is 0.0364. The topological polar surface area (TPSA) is 119 Å². The summed E-state index contributed by atoms with van der Waals surface area (Å²) in [6.45, 7) is 2.85. The molecule has 3 atom stereocenters. The van der Waals surface area contributed by atoms with E-state index in [1.54, 1.807) is 30.3 Å². The summed E-state index contributed by atoms with van der Waals surface area (Å²) in [5.41, 5.74) is 0.403. The summed E-state index contributed by atoms with van der Waals surface area (Å²) < 4.78 is 27.9. The van der Waals surface area contributed by atoms with Crippen LogP contribution in [0.3, 0.4) is 0 Å². The molecule has 9 heteroatoms. The van der Waals surface area contributed by atoms with E-state index in [4.69, 9.17) is 4.74 Å². The smallest absolute Gasteiger partial charge is 0.329 e. The van der Waals surface area contributed by atoms with Gasteiger partial charge in [0, 0.05) is 11.6 Å². The third-order valence-corrected chi connectivity index (χ3v) is 5.75. The van der Waals surface area contributed by atoms with Crippen molar-refractivity contribution < 1.29 is 27.5 Å². The molecule has 1 heterocycles. The Morgan fingerprint density at radius 2 is 1.81 bits per heavy atom. The molecule has 142 valence electrons. The average Bonchev–Trinajstić information content (AvgIpc) is 2.93. The molecule has 0 spiro atoms. The summed E-state index contributed by atoms with van der Waals surface area (Å²) in [5.74, 6) is -1.82. The highest BCUT2D eigenvalue weighted by Crippen LogP contribution is 2.11. The van der Waals surface area contributed by atoms with Crippen molar-refractivity contribution in [3.63, 3.8) is 0 Å². The number of carbonyl (C=O) groups is 3. The van der Waals surface area contributed by atoms with Crippen LogP contribution in [0, 0.1) is 0 Å². The van der Waals surface area contributed by atoms with Crippen molar-refractivity contribution in [3.05, 3.63) is 35.9 Å². The standard InChI is InChI=1S/C17H22N2O6S/c1-11(18-16(21)13-6-4-3-5-7-13)17(22)25-12(2)15(20)19-14-8-9-26(23,24)10-14/h3-7,11-12,14H,8-10H2,1-2H3,(H,18,21)(H,19,20)/t11-,12+,14+/m0/s1. The molecule has 1 aromatic rings. The zero-order chi connectivity index (χ0) is 19.3. The first-order valence-corrected chi connectivity index (χ1v) is 10.1. The van der Waals surface area contributed by atoms with E-state index in [9.17, 15) is 22.8 Å². The average molecular weight is 382 g/mol. The molecule has 0 aromatic heterocycles. The first-order valence-electron chi connectivity index (χ1n) is 8.25. The maximum atomic E-state index is 12.1. The van der Waals surface area contributed by atoms with Crippen LogP contribution < -0.4 is 10.6 Å². The molecule has 2 amide bonds. The Labute approximate surface area is 152 Å². The van der Waals surface area contributed by atoms with Gasteiger partial charge in [0.2, 0.25) is 0 Å². The van der Waals surface area contributed by atoms with E-state index in [-0.39, 0.29) is 11.5 Å². The van der Waals surface area contributed by atoms with Gasteiger partial charge in [-0.25, -0.2) is 13.2 Å². The highest BCUT2D eigenvalue weighted by atomic mass is 32.2. The second-order valence-electron chi connectivity index (χ2n) is 6.25. The van der Waals surface area contributed by atoms with Gasteiger partial charge in [0.15, 0.2) is 15.9 Å². The van der Waals surface area contributed by atoms with Crippen LogP contribution in [0.2, 0.25) is 0 Å². The van der Waals surface area contributed by atoms with E-state index in [0.717, 1.165) is 0 Å². The maximum absolute atomic E-state index is 12.1. The molecular formula is C17H22N2O6S. The summed E-state index contributed by atoms with van der Waals surface area (Å²) >= 11 is 0. The fourth-order valence-electron chi connectivity index (χ4n) is 2.49.